The smallest absolute Gasteiger partial charge is 0.326 e. The SMILES string of the molecule is O=C(O)[C@H]1CCCCN1C(=O)C1[C@@H]2CCCC[C@@H]12. The van der Waals surface area contributed by atoms with Crippen molar-refractivity contribution in [3.63, 3.8) is 0 Å². The zero-order valence-electron chi connectivity index (χ0n) is 10.7. The Hall–Kier alpha value is -1.06. The minimum Gasteiger partial charge on any atom is -0.480 e. The van der Waals surface area contributed by atoms with Gasteiger partial charge in [-0.1, -0.05) is 12.8 Å². The van der Waals surface area contributed by atoms with Gasteiger partial charge in [-0.05, 0) is 43.9 Å². The number of amides is 1. The summed E-state index contributed by atoms with van der Waals surface area (Å²) in [7, 11) is 0. The molecule has 0 unspecified atom stereocenters. The molecule has 1 heterocycles. The highest BCUT2D eigenvalue weighted by Crippen LogP contribution is 2.56. The maximum Gasteiger partial charge on any atom is 0.326 e. The van der Waals surface area contributed by atoms with Crippen LogP contribution in [0.3, 0.4) is 0 Å². The summed E-state index contributed by atoms with van der Waals surface area (Å²) in [5, 5.41) is 9.22. The van der Waals surface area contributed by atoms with Crippen LogP contribution in [0.15, 0.2) is 0 Å². The Morgan fingerprint density at radius 1 is 0.944 bits per heavy atom. The lowest BCUT2D eigenvalue weighted by Gasteiger charge is -2.33. The number of aliphatic carboxylic acids is 1. The van der Waals surface area contributed by atoms with Gasteiger partial charge in [0.25, 0.3) is 0 Å². The van der Waals surface area contributed by atoms with Gasteiger partial charge in [0.2, 0.25) is 5.91 Å². The van der Waals surface area contributed by atoms with Crippen LogP contribution in [0.25, 0.3) is 0 Å². The molecule has 0 aromatic carbocycles. The summed E-state index contributed by atoms with van der Waals surface area (Å²) in [4.78, 5) is 25.4. The van der Waals surface area contributed by atoms with Gasteiger partial charge in [0.1, 0.15) is 6.04 Å². The minimum absolute atomic E-state index is 0.138. The predicted octanol–water partition coefficient (Wildman–Crippen LogP) is 1.89. The summed E-state index contributed by atoms with van der Waals surface area (Å²) in [6.45, 7) is 0.645. The molecule has 18 heavy (non-hydrogen) atoms. The molecule has 3 atom stereocenters. The van der Waals surface area contributed by atoms with Gasteiger partial charge in [0, 0.05) is 12.5 Å². The van der Waals surface area contributed by atoms with E-state index in [0.717, 1.165) is 12.8 Å². The average molecular weight is 251 g/mol. The first-order valence-electron chi connectivity index (χ1n) is 7.23. The van der Waals surface area contributed by atoms with Crippen molar-refractivity contribution in [1.29, 1.82) is 0 Å². The van der Waals surface area contributed by atoms with Gasteiger partial charge in [0.05, 0.1) is 0 Å². The number of carboxylic acid groups (broad SMARTS) is 1. The van der Waals surface area contributed by atoms with E-state index in [4.69, 9.17) is 0 Å². The Balaban J connectivity index is 1.69. The van der Waals surface area contributed by atoms with E-state index in [-0.39, 0.29) is 11.8 Å². The summed E-state index contributed by atoms with van der Waals surface area (Å²) < 4.78 is 0. The standard InChI is InChI=1S/C14H21NO3/c16-13(12-9-5-1-2-6-10(9)12)15-8-4-3-7-11(15)14(17)18/h9-12H,1-8H2,(H,17,18)/t9-,10-,11-/m1/s1. The molecule has 3 aliphatic rings. The lowest BCUT2D eigenvalue weighted by Crippen LogP contribution is -2.48. The molecule has 3 rings (SSSR count). The Bertz CT molecular complexity index is 356. The Labute approximate surface area is 107 Å². The zero-order chi connectivity index (χ0) is 12.7. The summed E-state index contributed by atoms with van der Waals surface area (Å²) in [5.41, 5.74) is 0. The molecule has 0 aromatic rings. The molecule has 2 aliphatic carbocycles. The van der Waals surface area contributed by atoms with Crippen LogP contribution in [0, 0.1) is 17.8 Å². The van der Waals surface area contributed by atoms with Crippen molar-refractivity contribution in [1.82, 2.24) is 4.90 Å². The van der Waals surface area contributed by atoms with Crippen LogP contribution in [0.2, 0.25) is 0 Å². The molecule has 1 amide bonds. The molecule has 0 radical (unpaired) electrons. The normalized spacial score (nSPS) is 39.0. The highest BCUT2D eigenvalue weighted by Gasteiger charge is 2.56. The van der Waals surface area contributed by atoms with Gasteiger partial charge < -0.3 is 10.0 Å². The number of nitrogens with zero attached hydrogens (tertiary/aromatic N) is 1. The number of hydrogen-bond donors (Lipinski definition) is 1. The van der Waals surface area contributed by atoms with Crippen molar-refractivity contribution in [2.24, 2.45) is 17.8 Å². The van der Waals surface area contributed by atoms with Crippen molar-refractivity contribution in [3.05, 3.63) is 0 Å². The molecule has 100 valence electrons. The molecule has 4 nitrogen and oxygen atoms in total. The average Bonchev–Trinajstić information content (AvgIpc) is 3.12. The third-order valence-corrected chi connectivity index (χ3v) is 5.01. The monoisotopic (exact) mass is 251 g/mol. The van der Waals surface area contributed by atoms with Crippen molar-refractivity contribution in [2.45, 2.75) is 51.0 Å². The van der Waals surface area contributed by atoms with E-state index in [9.17, 15) is 14.7 Å². The second kappa shape index (κ2) is 4.56. The Morgan fingerprint density at radius 2 is 1.56 bits per heavy atom. The number of hydrogen-bond acceptors (Lipinski definition) is 2. The van der Waals surface area contributed by atoms with Crippen LogP contribution < -0.4 is 0 Å². The summed E-state index contributed by atoms with van der Waals surface area (Å²) in [5.74, 6) is 0.614. The largest absolute Gasteiger partial charge is 0.480 e. The summed E-state index contributed by atoms with van der Waals surface area (Å²) >= 11 is 0. The number of carbonyl (C=O) groups excluding carboxylic acids is 1. The fourth-order valence-corrected chi connectivity index (χ4v) is 4.00. The van der Waals surface area contributed by atoms with Crippen LogP contribution in [0.1, 0.15) is 44.9 Å². The molecule has 1 N–H and O–H groups in total. The van der Waals surface area contributed by atoms with E-state index in [1.807, 2.05) is 0 Å². The molecule has 1 saturated heterocycles. The summed E-state index contributed by atoms with van der Waals surface area (Å²) in [6, 6.07) is -0.561. The maximum atomic E-state index is 12.5. The van der Waals surface area contributed by atoms with E-state index in [2.05, 4.69) is 0 Å². The summed E-state index contributed by atoms with van der Waals surface area (Å²) in [6.07, 6.45) is 7.35. The van der Waals surface area contributed by atoms with Crippen LogP contribution in [-0.2, 0) is 9.59 Å². The third kappa shape index (κ3) is 1.91. The zero-order valence-corrected chi connectivity index (χ0v) is 10.7. The van der Waals surface area contributed by atoms with Crippen LogP contribution in [0.5, 0.6) is 0 Å². The van der Waals surface area contributed by atoms with E-state index >= 15 is 0 Å². The first-order chi connectivity index (χ1) is 8.70. The van der Waals surface area contributed by atoms with Gasteiger partial charge in [-0.25, -0.2) is 4.79 Å². The van der Waals surface area contributed by atoms with Gasteiger partial charge in [-0.2, -0.15) is 0 Å². The molecule has 1 aliphatic heterocycles. The van der Waals surface area contributed by atoms with Gasteiger partial charge in [0.15, 0.2) is 0 Å². The maximum absolute atomic E-state index is 12.5. The number of piperidine rings is 1. The first kappa shape index (κ1) is 12.0. The molecule has 4 heteroatoms. The Kier molecular flexibility index (Phi) is 3.04. The molecule has 0 bridgehead atoms. The highest BCUT2D eigenvalue weighted by atomic mass is 16.4. The first-order valence-corrected chi connectivity index (χ1v) is 7.23. The van der Waals surface area contributed by atoms with E-state index in [1.54, 1.807) is 4.90 Å². The number of fused-ring (bicyclic) bond motifs is 1. The van der Waals surface area contributed by atoms with Crippen molar-refractivity contribution < 1.29 is 14.7 Å². The molecular formula is C14H21NO3. The highest BCUT2D eigenvalue weighted by molar-refractivity contribution is 5.87. The number of carboxylic acids is 1. The fourth-order valence-electron chi connectivity index (χ4n) is 4.00. The van der Waals surface area contributed by atoms with E-state index < -0.39 is 12.0 Å². The van der Waals surface area contributed by atoms with Crippen LogP contribution in [-0.4, -0.2) is 34.5 Å². The number of carbonyl (C=O) groups is 2. The van der Waals surface area contributed by atoms with Crippen molar-refractivity contribution in [3.8, 4) is 0 Å². The topological polar surface area (TPSA) is 57.6 Å². The van der Waals surface area contributed by atoms with Crippen LogP contribution in [0.4, 0.5) is 0 Å². The van der Waals surface area contributed by atoms with Gasteiger partial charge >= 0.3 is 5.97 Å². The third-order valence-electron chi connectivity index (χ3n) is 5.01. The van der Waals surface area contributed by atoms with Gasteiger partial charge in [-0.3, -0.25) is 4.79 Å². The van der Waals surface area contributed by atoms with E-state index in [1.165, 1.54) is 25.7 Å². The number of rotatable bonds is 2. The second-order valence-corrected chi connectivity index (χ2v) is 6.02. The fraction of sp³-hybridized carbons (Fsp3) is 0.857. The minimum atomic E-state index is -0.827. The van der Waals surface area contributed by atoms with Crippen molar-refractivity contribution >= 4 is 11.9 Å². The lowest BCUT2D eigenvalue weighted by molar-refractivity contribution is -0.152. The quantitative estimate of drug-likeness (QED) is 0.815. The molecular weight excluding hydrogens is 230 g/mol. The van der Waals surface area contributed by atoms with Crippen LogP contribution >= 0.6 is 0 Å². The molecule has 0 spiro atoms. The van der Waals surface area contributed by atoms with E-state index in [0.29, 0.717) is 24.8 Å². The lowest BCUT2D eigenvalue weighted by atomic mass is 10.0. The predicted molar refractivity (Wildman–Crippen MR) is 65.9 cm³/mol. The Morgan fingerprint density at radius 3 is 2.17 bits per heavy atom. The molecule has 3 fully saturated rings. The van der Waals surface area contributed by atoms with Crippen molar-refractivity contribution in [2.75, 3.05) is 6.54 Å². The molecule has 2 saturated carbocycles. The second-order valence-electron chi connectivity index (χ2n) is 6.02. The van der Waals surface area contributed by atoms with Gasteiger partial charge in [-0.15, -0.1) is 0 Å². The number of likely N-dealkylation sites (tertiary alicyclic amines) is 1. The molecule has 0 aromatic heterocycles.